The van der Waals surface area contributed by atoms with E-state index in [0.29, 0.717) is 6.42 Å². The van der Waals surface area contributed by atoms with E-state index < -0.39 is 17.9 Å². The fourth-order valence-electron chi connectivity index (χ4n) is 0.915. The smallest absolute Gasteiger partial charge is 0.326 e. The lowest BCUT2D eigenvalue weighted by Crippen LogP contribution is -2.47. The number of nitrogens with one attached hydrogen (secondary N) is 1. The first-order valence-electron chi connectivity index (χ1n) is 4.25. The molecule has 0 aliphatic carbocycles. The van der Waals surface area contributed by atoms with Crippen molar-refractivity contribution in [3.63, 3.8) is 0 Å². The van der Waals surface area contributed by atoms with Crippen LogP contribution in [0.2, 0.25) is 0 Å². The van der Waals surface area contributed by atoms with Gasteiger partial charge >= 0.3 is 5.97 Å². The number of carbonyl (C=O) groups excluding carboxylic acids is 1. The third-order valence-corrected chi connectivity index (χ3v) is 1.98. The van der Waals surface area contributed by atoms with Crippen molar-refractivity contribution < 1.29 is 14.7 Å². The van der Waals surface area contributed by atoms with E-state index in [1.807, 2.05) is 6.92 Å². The van der Waals surface area contributed by atoms with E-state index >= 15 is 0 Å². The Morgan fingerprint density at radius 2 is 2.08 bits per heavy atom. The minimum Gasteiger partial charge on any atom is -0.480 e. The summed E-state index contributed by atoms with van der Waals surface area (Å²) in [4.78, 5) is 21.5. The van der Waals surface area contributed by atoms with Gasteiger partial charge in [0, 0.05) is 0 Å². The van der Waals surface area contributed by atoms with Crippen LogP contribution < -0.4 is 11.1 Å². The van der Waals surface area contributed by atoms with E-state index in [4.69, 9.17) is 10.8 Å². The number of rotatable bonds is 5. The molecule has 0 saturated heterocycles. The third-order valence-electron chi connectivity index (χ3n) is 1.98. The molecule has 2 atom stereocenters. The molecule has 0 heterocycles. The lowest BCUT2D eigenvalue weighted by molar-refractivity contribution is -0.143. The van der Waals surface area contributed by atoms with Gasteiger partial charge in [-0.05, 0) is 5.92 Å². The number of hydrogen-bond acceptors (Lipinski definition) is 3. The second-order valence-electron chi connectivity index (χ2n) is 2.97. The molecular weight excluding hydrogens is 172 g/mol. The van der Waals surface area contributed by atoms with E-state index in [0.717, 1.165) is 0 Å². The Kier molecular flexibility index (Phi) is 5.06. The molecule has 0 unspecified atom stereocenters. The van der Waals surface area contributed by atoms with Crippen molar-refractivity contribution >= 4 is 11.9 Å². The summed E-state index contributed by atoms with van der Waals surface area (Å²) in [6.45, 7) is 3.46. The highest BCUT2D eigenvalue weighted by Gasteiger charge is 2.24. The van der Waals surface area contributed by atoms with Gasteiger partial charge in [0.15, 0.2) is 0 Å². The van der Waals surface area contributed by atoms with E-state index in [1.54, 1.807) is 6.92 Å². The van der Waals surface area contributed by atoms with Crippen LogP contribution in [0.25, 0.3) is 0 Å². The van der Waals surface area contributed by atoms with E-state index in [9.17, 15) is 9.59 Å². The summed E-state index contributed by atoms with van der Waals surface area (Å²) in [5.41, 5.74) is 5.06. The number of carboxylic acid groups (broad SMARTS) is 1. The van der Waals surface area contributed by atoms with Crippen LogP contribution in [0.15, 0.2) is 0 Å². The Hall–Kier alpha value is -1.10. The molecule has 0 bridgehead atoms. The second kappa shape index (κ2) is 5.53. The normalized spacial score (nSPS) is 14.7. The van der Waals surface area contributed by atoms with Crippen LogP contribution in [-0.2, 0) is 9.59 Å². The largest absolute Gasteiger partial charge is 0.480 e. The fourth-order valence-corrected chi connectivity index (χ4v) is 0.915. The quantitative estimate of drug-likeness (QED) is 0.545. The zero-order valence-corrected chi connectivity index (χ0v) is 7.91. The van der Waals surface area contributed by atoms with Gasteiger partial charge in [-0.2, -0.15) is 0 Å². The molecule has 0 spiro atoms. The van der Waals surface area contributed by atoms with Crippen LogP contribution in [0.3, 0.4) is 0 Å². The standard InChI is InChI=1S/C8H16N2O3/c1-3-5(2)7(8(12)13)10-6(11)4-9/h5,7H,3-4,9H2,1-2H3,(H,10,11)(H,12,13)/t5-,7-/m1/s1. The molecular formula is C8H16N2O3. The van der Waals surface area contributed by atoms with E-state index in [2.05, 4.69) is 5.32 Å². The van der Waals surface area contributed by atoms with Crippen molar-refractivity contribution in [2.75, 3.05) is 6.54 Å². The summed E-state index contributed by atoms with van der Waals surface area (Å²) < 4.78 is 0. The average molecular weight is 188 g/mol. The zero-order valence-electron chi connectivity index (χ0n) is 7.91. The van der Waals surface area contributed by atoms with Gasteiger partial charge in [-0.1, -0.05) is 20.3 Å². The van der Waals surface area contributed by atoms with Crippen LogP contribution in [0, 0.1) is 5.92 Å². The molecule has 13 heavy (non-hydrogen) atoms. The van der Waals surface area contributed by atoms with Gasteiger partial charge in [0.1, 0.15) is 6.04 Å². The number of carboxylic acids is 1. The first-order valence-corrected chi connectivity index (χ1v) is 4.25. The molecule has 0 aromatic rings. The SMILES string of the molecule is CC[C@@H](C)[C@@H](NC(=O)CN)C(=O)O. The highest BCUT2D eigenvalue weighted by Crippen LogP contribution is 2.07. The lowest BCUT2D eigenvalue weighted by atomic mass is 9.99. The molecule has 0 aromatic carbocycles. The fraction of sp³-hybridized carbons (Fsp3) is 0.750. The van der Waals surface area contributed by atoms with Gasteiger partial charge < -0.3 is 16.2 Å². The summed E-state index contributed by atoms with van der Waals surface area (Å²) in [5.74, 6) is -1.54. The van der Waals surface area contributed by atoms with Crippen molar-refractivity contribution in [3.8, 4) is 0 Å². The highest BCUT2D eigenvalue weighted by atomic mass is 16.4. The molecule has 5 nitrogen and oxygen atoms in total. The molecule has 76 valence electrons. The van der Waals surface area contributed by atoms with E-state index in [-0.39, 0.29) is 12.5 Å². The molecule has 0 saturated carbocycles. The van der Waals surface area contributed by atoms with E-state index in [1.165, 1.54) is 0 Å². The number of aliphatic carboxylic acids is 1. The topological polar surface area (TPSA) is 92.4 Å². The summed E-state index contributed by atoms with van der Waals surface area (Å²) in [6, 6.07) is -0.832. The summed E-state index contributed by atoms with van der Waals surface area (Å²) in [5, 5.41) is 11.1. The number of nitrogens with two attached hydrogens (primary N) is 1. The predicted octanol–water partition coefficient (Wildman–Crippen LogP) is -0.439. The van der Waals surface area contributed by atoms with Crippen molar-refractivity contribution in [3.05, 3.63) is 0 Å². The molecule has 0 aliphatic rings. The Balaban J connectivity index is 4.26. The molecule has 4 N–H and O–H groups in total. The maximum atomic E-state index is 10.8. The van der Waals surface area contributed by atoms with Crippen molar-refractivity contribution in [2.24, 2.45) is 11.7 Å². The van der Waals surface area contributed by atoms with Gasteiger partial charge in [0.25, 0.3) is 0 Å². The van der Waals surface area contributed by atoms with Crippen LogP contribution in [0.1, 0.15) is 20.3 Å². The molecule has 0 rings (SSSR count). The van der Waals surface area contributed by atoms with Gasteiger partial charge in [-0.25, -0.2) is 4.79 Å². The molecule has 5 heteroatoms. The van der Waals surface area contributed by atoms with Crippen LogP contribution in [0.4, 0.5) is 0 Å². The minimum absolute atomic E-state index is 0.0898. The van der Waals surface area contributed by atoms with Crippen molar-refractivity contribution in [1.82, 2.24) is 5.32 Å². The second-order valence-corrected chi connectivity index (χ2v) is 2.97. The lowest BCUT2D eigenvalue weighted by Gasteiger charge is -2.19. The average Bonchev–Trinajstić information content (AvgIpc) is 2.11. The zero-order chi connectivity index (χ0) is 10.4. The molecule has 0 radical (unpaired) electrons. The number of hydrogen-bond donors (Lipinski definition) is 3. The van der Waals surface area contributed by atoms with Crippen LogP contribution in [-0.4, -0.2) is 29.6 Å². The summed E-state index contributed by atoms with van der Waals surface area (Å²) >= 11 is 0. The molecule has 0 aliphatic heterocycles. The Morgan fingerprint density at radius 3 is 2.38 bits per heavy atom. The van der Waals surface area contributed by atoms with Gasteiger partial charge in [0.2, 0.25) is 5.91 Å². The molecule has 1 amide bonds. The summed E-state index contributed by atoms with van der Waals surface area (Å²) in [7, 11) is 0. The van der Waals surface area contributed by atoms with Gasteiger partial charge in [0.05, 0.1) is 6.54 Å². The Bertz CT molecular complexity index is 194. The molecule has 0 fully saturated rings. The summed E-state index contributed by atoms with van der Waals surface area (Å²) in [6.07, 6.45) is 0.696. The Labute approximate surface area is 77.3 Å². The maximum absolute atomic E-state index is 10.8. The minimum atomic E-state index is -1.02. The number of amides is 1. The van der Waals surface area contributed by atoms with Gasteiger partial charge in [-0.15, -0.1) is 0 Å². The third kappa shape index (κ3) is 3.89. The first kappa shape index (κ1) is 11.9. The highest BCUT2D eigenvalue weighted by molar-refractivity contribution is 5.84. The monoisotopic (exact) mass is 188 g/mol. The first-order chi connectivity index (χ1) is 6.02. The van der Waals surface area contributed by atoms with Gasteiger partial charge in [-0.3, -0.25) is 4.79 Å². The predicted molar refractivity (Wildman–Crippen MR) is 48.1 cm³/mol. The Morgan fingerprint density at radius 1 is 1.54 bits per heavy atom. The van der Waals surface area contributed by atoms with Crippen molar-refractivity contribution in [2.45, 2.75) is 26.3 Å². The molecule has 0 aromatic heterocycles. The van der Waals surface area contributed by atoms with Crippen LogP contribution in [0.5, 0.6) is 0 Å². The number of carbonyl (C=O) groups is 2. The van der Waals surface area contributed by atoms with Crippen molar-refractivity contribution in [1.29, 1.82) is 0 Å². The van der Waals surface area contributed by atoms with Crippen LogP contribution >= 0.6 is 0 Å². The maximum Gasteiger partial charge on any atom is 0.326 e.